The molecule has 1 aromatic carbocycles. The van der Waals surface area contributed by atoms with E-state index in [1.807, 2.05) is 19.1 Å². The molecule has 0 saturated carbocycles. The first-order valence-electron chi connectivity index (χ1n) is 9.22. The van der Waals surface area contributed by atoms with Crippen molar-refractivity contribution in [1.29, 1.82) is 0 Å². The van der Waals surface area contributed by atoms with Crippen LogP contribution >= 0.6 is 55.4 Å². The Bertz CT molecular complexity index is 984. The van der Waals surface area contributed by atoms with Crippen LogP contribution in [-0.2, 0) is 22.4 Å². The van der Waals surface area contributed by atoms with Gasteiger partial charge in [-0.3, -0.25) is 10.1 Å². The minimum atomic E-state index is -0.400. The maximum atomic E-state index is 12.3. The Morgan fingerprint density at radius 1 is 1.23 bits per heavy atom. The first kappa shape index (κ1) is 23.2. The second-order valence-electron chi connectivity index (χ2n) is 6.73. The van der Waals surface area contributed by atoms with Crippen LogP contribution in [0.1, 0.15) is 39.2 Å². The van der Waals surface area contributed by atoms with Crippen LogP contribution in [0.5, 0.6) is 5.75 Å². The number of aryl methyl sites for hydroxylation is 2. The number of fused-ring (bicyclic) bond motifs is 1. The summed E-state index contributed by atoms with van der Waals surface area (Å²) in [5, 5.41) is 6.30. The third-order valence-electron chi connectivity index (χ3n) is 4.58. The van der Waals surface area contributed by atoms with Gasteiger partial charge in [0.2, 0.25) is 0 Å². The van der Waals surface area contributed by atoms with Gasteiger partial charge in [-0.1, -0.05) is 15.9 Å². The van der Waals surface area contributed by atoms with Crippen molar-refractivity contribution in [2.45, 2.75) is 32.6 Å². The molecule has 0 unspecified atom stereocenters. The molecular formula is C20H20Br2N2O4S2. The van der Waals surface area contributed by atoms with E-state index in [4.69, 9.17) is 21.7 Å². The zero-order chi connectivity index (χ0) is 21.8. The molecule has 0 atom stereocenters. The lowest BCUT2D eigenvalue weighted by Gasteiger charge is -2.13. The number of hydrogen-bond acceptors (Lipinski definition) is 6. The molecule has 6 nitrogen and oxygen atoms in total. The molecule has 10 heteroatoms. The number of thiocarbonyl (C=S) groups is 1. The molecule has 1 aliphatic rings. The molecule has 0 spiro atoms. The maximum Gasteiger partial charge on any atom is 0.341 e. The van der Waals surface area contributed by atoms with Gasteiger partial charge in [0.1, 0.15) is 10.8 Å². The third kappa shape index (κ3) is 5.40. The van der Waals surface area contributed by atoms with E-state index in [0.29, 0.717) is 16.3 Å². The molecule has 2 N–H and O–H groups in total. The molecule has 1 amide bonds. The zero-order valence-corrected chi connectivity index (χ0v) is 21.2. The molecule has 0 radical (unpaired) electrons. The second kappa shape index (κ2) is 10.2. The highest BCUT2D eigenvalue weighted by Gasteiger charge is 2.26. The van der Waals surface area contributed by atoms with Crippen LogP contribution in [0, 0.1) is 6.92 Å². The number of carbonyl (C=O) groups excluding carboxylic acids is 2. The fourth-order valence-corrected chi connectivity index (χ4v) is 6.39. The number of amides is 1. The largest absolute Gasteiger partial charge is 0.482 e. The summed E-state index contributed by atoms with van der Waals surface area (Å²) in [6, 6.07) is 3.75. The van der Waals surface area contributed by atoms with Gasteiger partial charge < -0.3 is 14.8 Å². The molecule has 0 bridgehead atoms. The average molecular weight is 576 g/mol. The number of rotatable bonds is 5. The minimum absolute atomic E-state index is 0.110. The monoisotopic (exact) mass is 574 g/mol. The highest BCUT2D eigenvalue weighted by atomic mass is 79.9. The summed E-state index contributed by atoms with van der Waals surface area (Å²) in [7, 11) is 1.36. The standard InChI is InChI=1S/C20H20Br2N2O4S2/c1-10-7-11(21)8-13(22)17(10)28-9-15(25)23-20(29)24-18-16(19(26)27-2)12-5-3-4-6-14(12)30-18/h7-8H,3-6,9H2,1-2H3,(H2,23,24,25,29). The van der Waals surface area contributed by atoms with Crippen molar-refractivity contribution in [3.63, 3.8) is 0 Å². The van der Waals surface area contributed by atoms with E-state index >= 15 is 0 Å². The van der Waals surface area contributed by atoms with E-state index < -0.39 is 11.9 Å². The van der Waals surface area contributed by atoms with Gasteiger partial charge in [0.15, 0.2) is 11.7 Å². The number of halogens is 2. The van der Waals surface area contributed by atoms with Crippen molar-refractivity contribution in [1.82, 2.24) is 5.32 Å². The van der Waals surface area contributed by atoms with Crippen LogP contribution in [0.4, 0.5) is 5.00 Å². The van der Waals surface area contributed by atoms with Gasteiger partial charge in [-0.2, -0.15) is 0 Å². The molecule has 0 aliphatic heterocycles. The number of nitrogens with one attached hydrogen (secondary N) is 2. The number of thiophene rings is 1. The number of benzene rings is 1. The zero-order valence-electron chi connectivity index (χ0n) is 16.4. The highest BCUT2D eigenvalue weighted by Crippen LogP contribution is 2.38. The number of methoxy groups -OCH3 is 1. The molecule has 1 aliphatic carbocycles. The van der Waals surface area contributed by atoms with Gasteiger partial charge in [0.25, 0.3) is 5.91 Å². The Balaban J connectivity index is 1.64. The average Bonchev–Trinajstić information content (AvgIpc) is 3.04. The third-order valence-corrected chi connectivity index (χ3v) is 7.04. The molecule has 30 heavy (non-hydrogen) atoms. The number of ether oxygens (including phenoxy) is 2. The molecule has 0 fully saturated rings. The van der Waals surface area contributed by atoms with Crippen molar-refractivity contribution in [2.75, 3.05) is 19.0 Å². The molecule has 1 heterocycles. The van der Waals surface area contributed by atoms with Crippen LogP contribution in [0.3, 0.4) is 0 Å². The van der Waals surface area contributed by atoms with Crippen LogP contribution in [0.15, 0.2) is 21.1 Å². The minimum Gasteiger partial charge on any atom is -0.482 e. The van der Waals surface area contributed by atoms with Gasteiger partial charge in [-0.05, 0) is 84.0 Å². The summed E-state index contributed by atoms with van der Waals surface area (Å²) < 4.78 is 12.3. The van der Waals surface area contributed by atoms with Crippen LogP contribution < -0.4 is 15.4 Å². The summed E-state index contributed by atoms with van der Waals surface area (Å²) in [6.45, 7) is 1.69. The van der Waals surface area contributed by atoms with Gasteiger partial charge in [0.05, 0.1) is 17.1 Å². The predicted molar refractivity (Wildman–Crippen MR) is 129 cm³/mol. The number of esters is 1. The summed E-state index contributed by atoms with van der Waals surface area (Å²) in [5.41, 5.74) is 2.42. The van der Waals surface area contributed by atoms with Gasteiger partial charge in [-0.25, -0.2) is 4.79 Å². The van der Waals surface area contributed by atoms with Crippen molar-refractivity contribution in [3.8, 4) is 5.75 Å². The summed E-state index contributed by atoms with van der Waals surface area (Å²) in [6.07, 6.45) is 3.90. The second-order valence-corrected chi connectivity index (χ2v) is 10.0. The Morgan fingerprint density at radius 2 is 1.97 bits per heavy atom. The Hall–Kier alpha value is -1.49. The summed E-state index contributed by atoms with van der Waals surface area (Å²) >= 11 is 13.6. The molecular weight excluding hydrogens is 556 g/mol. The van der Waals surface area contributed by atoms with Crippen LogP contribution in [-0.4, -0.2) is 30.7 Å². The Morgan fingerprint density at radius 3 is 2.67 bits per heavy atom. The number of hydrogen-bond donors (Lipinski definition) is 2. The normalized spacial score (nSPS) is 12.7. The van der Waals surface area contributed by atoms with E-state index in [1.54, 1.807) is 0 Å². The summed E-state index contributed by atoms with van der Waals surface area (Å²) in [5.74, 6) is -0.210. The van der Waals surface area contributed by atoms with Crippen molar-refractivity contribution in [2.24, 2.45) is 0 Å². The number of anilines is 1. The smallest absolute Gasteiger partial charge is 0.341 e. The summed E-state index contributed by atoms with van der Waals surface area (Å²) in [4.78, 5) is 25.8. The molecule has 3 rings (SSSR count). The van der Waals surface area contributed by atoms with Gasteiger partial charge >= 0.3 is 5.97 Å². The fourth-order valence-electron chi connectivity index (χ4n) is 3.28. The van der Waals surface area contributed by atoms with Crippen LogP contribution in [0.25, 0.3) is 0 Å². The Labute approximate surface area is 201 Å². The van der Waals surface area contributed by atoms with E-state index in [2.05, 4.69) is 42.5 Å². The molecule has 0 saturated heterocycles. The van der Waals surface area contributed by atoms with Crippen molar-refractivity contribution >= 4 is 77.4 Å². The quantitative estimate of drug-likeness (QED) is 0.380. The van der Waals surface area contributed by atoms with E-state index in [0.717, 1.165) is 50.6 Å². The first-order chi connectivity index (χ1) is 14.3. The first-order valence-corrected chi connectivity index (χ1v) is 12.0. The van der Waals surface area contributed by atoms with Gasteiger partial charge in [-0.15, -0.1) is 11.3 Å². The van der Waals surface area contributed by atoms with E-state index in [9.17, 15) is 9.59 Å². The van der Waals surface area contributed by atoms with Crippen LogP contribution in [0.2, 0.25) is 0 Å². The maximum absolute atomic E-state index is 12.3. The topological polar surface area (TPSA) is 76.7 Å². The van der Waals surface area contributed by atoms with E-state index in [1.165, 1.54) is 18.4 Å². The SMILES string of the molecule is COC(=O)c1c(NC(=S)NC(=O)COc2c(C)cc(Br)cc2Br)sc2c1CCCC2. The lowest BCUT2D eigenvalue weighted by molar-refractivity contribution is -0.121. The molecule has 1 aromatic heterocycles. The lowest BCUT2D eigenvalue weighted by atomic mass is 9.95. The molecule has 2 aromatic rings. The van der Waals surface area contributed by atoms with Crippen molar-refractivity contribution < 1.29 is 19.1 Å². The highest BCUT2D eigenvalue weighted by molar-refractivity contribution is 9.11. The fraction of sp³-hybridized carbons (Fsp3) is 0.350. The Kier molecular flexibility index (Phi) is 7.89. The molecule has 160 valence electrons. The van der Waals surface area contributed by atoms with E-state index in [-0.39, 0.29) is 11.7 Å². The van der Waals surface area contributed by atoms with Crippen molar-refractivity contribution in [3.05, 3.63) is 42.6 Å². The predicted octanol–water partition coefficient (Wildman–Crippen LogP) is 5.14. The lowest BCUT2D eigenvalue weighted by Crippen LogP contribution is -2.37. The number of carbonyl (C=O) groups is 2. The van der Waals surface area contributed by atoms with Gasteiger partial charge in [0, 0.05) is 9.35 Å².